The van der Waals surface area contributed by atoms with E-state index >= 15 is 0 Å². The first-order valence-electron chi connectivity index (χ1n) is 11.0. The minimum absolute atomic E-state index is 0.517. The van der Waals surface area contributed by atoms with Crippen LogP contribution in [0.2, 0.25) is 0 Å². The van der Waals surface area contributed by atoms with Crippen LogP contribution in [0.1, 0.15) is 31.2 Å². The maximum Gasteiger partial charge on any atom is 0.148 e. The van der Waals surface area contributed by atoms with E-state index in [9.17, 15) is 0 Å². The van der Waals surface area contributed by atoms with Gasteiger partial charge in [-0.15, -0.1) is 10.2 Å². The second-order valence-corrected chi connectivity index (χ2v) is 9.24. The van der Waals surface area contributed by atoms with Gasteiger partial charge in [0.2, 0.25) is 0 Å². The van der Waals surface area contributed by atoms with Crippen molar-refractivity contribution in [1.29, 1.82) is 0 Å². The molecule has 1 N–H and O–H groups in total. The Kier molecular flexibility index (Phi) is 5.26. The number of nitrogens with zero attached hydrogens (tertiary/aromatic N) is 5. The van der Waals surface area contributed by atoms with Crippen LogP contribution in [0.5, 0.6) is 0 Å². The van der Waals surface area contributed by atoms with Gasteiger partial charge in [0.1, 0.15) is 11.5 Å². The lowest BCUT2D eigenvalue weighted by atomic mass is 10.0. The number of fused-ring (bicyclic) bond motifs is 1. The fraction of sp³-hybridized carbons (Fsp3) is 0.682. The van der Waals surface area contributed by atoms with Gasteiger partial charge in [-0.3, -0.25) is 4.68 Å². The van der Waals surface area contributed by atoms with Crippen molar-refractivity contribution in [3.05, 3.63) is 23.9 Å². The van der Waals surface area contributed by atoms with Crippen molar-refractivity contribution in [3.63, 3.8) is 0 Å². The molecule has 0 radical (unpaired) electrons. The highest BCUT2D eigenvalue weighted by Gasteiger charge is 2.41. The summed E-state index contributed by atoms with van der Waals surface area (Å²) in [4.78, 5) is 2.69. The number of ether oxygens (including phenoxy) is 1. The molecule has 1 unspecified atom stereocenters. The van der Waals surface area contributed by atoms with Gasteiger partial charge in [-0.25, -0.2) is 0 Å². The SMILES string of the molecule is Cc1cnn(C)c1-c1ccc(N[C@H]2C[C@@H]3CN(CC4CCCOC4)C[C@@H]3C2)nn1. The van der Waals surface area contributed by atoms with Crippen LogP contribution in [0.15, 0.2) is 18.3 Å². The van der Waals surface area contributed by atoms with Crippen molar-refractivity contribution in [2.24, 2.45) is 24.8 Å². The normalized spacial score (nSPS) is 29.9. The molecule has 0 aromatic carbocycles. The number of hydrogen-bond acceptors (Lipinski definition) is 6. The first kappa shape index (κ1) is 19.0. The maximum atomic E-state index is 5.66. The summed E-state index contributed by atoms with van der Waals surface area (Å²) in [5.41, 5.74) is 3.03. The highest BCUT2D eigenvalue weighted by atomic mass is 16.5. The molecule has 29 heavy (non-hydrogen) atoms. The molecule has 7 nitrogen and oxygen atoms in total. The van der Waals surface area contributed by atoms with Crippen LogP contribution in [0.4, 0.5) is 5.82 Å². The van der Waals surface area contributed by atoms with Gasteiger partial charge < -0.3 is 15.0 Å². The molecule has 156 valence electrons. The van der Waals surface area contributed by atoms with E-state index in [0.717, 1.165) is 53.7 Å². The zero-order valence-corrected chi connectivity index (χ0v) is 17.5. The molecule has 2 aliphatic heterocycles. The molecule has 1 saturated carbocycles. The zero-order chi connectivity index (χ0) is 19.8. The number of rotatable bonds is 5. The third kappa shape index (κ3) is 4.03. The molecule has 5 rings (SSSR count). The molecule has 0 bridgehead atoms. The second kappa shape index (κ2) is 8.03. The van der Waals surface area contributed by atoms with E-state index in [1.54, 1.807) is 0 Å². The van der Waals surface area contributed by atoms with Crippen molar-refractivity contribution in [2.75, 3.05) is 38.2 Å². The van der Waals surface area contributed by atoms with E-state index in [1.807, 2.05) is 24.0 Å². The van der Waals surface area contributed by atoms with Crippen molar-refractivity contribution in [3.8, 4) is 11.4 Å². The van der Waals surface area contributed by atoms with Crippen molar-refractivity contribution >= 4 is 5.82 Å². The lowest BCUT2D eigenvalue weighted by Crippen LogP contribution is -2.33. The van der Waals surface area contributed by atoms with Gasteiger partial charge in [-0.05, 0) is 68.1 Å². The monoisotopic (exact) mass is 396 g/mol. The van der Waals surface area contributed by atoms with Gasteiger partial charge in [-0.1, -0.05) is 0 Å². The standard InChI is InChI=1S/C22H32N6O/c1-15-10-23-27(2)22(15)20-5-6-21(26-25-20)24-19-8-17-12-28(13-18(17)9-19)11-16-4-3-7-29-14-16/h5-6,10,16-19H,3-4,7-9,11-14H2,1-2H3,(H,24,26)/t16?,17-,18+,19+. The van der Waals surface area contributed by atoms with Gasteiger partial charge in [0.25, 0.3) is 0 Å². The summed E-state index contributed by atoms with van der Waals surface area (Å²) >= 11 is 0. The minimum Gasteiger partial charge on any atom is -0.381 e. The Morgan fingerprint density at radius 3 is 2.62 bits per heavy atom. The number of aromatic nitrogens is 4. The fourth-order valence-corrected chi connectivity index (χ4v) is 5.64. The predicted octanol–water partition coefficient (Wildman–Crippen LogP) is 2.73. The Labute approximate surface area is 172 Å². The molecule has 0 amide bonds. The topological polar surface area (TPSA) is 68.1 Å². The lowest BCUT2D eigenvalue weighted by molar-refractivity contribution is 0.0407. The average Bonchev–Trinajstić information content (AvgIpc) is 3.36. The van der Waals surface area contributed by atoms with Crippen LogP contribution in [0, 0.1) is 24.7 Å². The van der Waals surface area contributed by atoms with E-state index in [2.05, 4.69) is 38.5 Å². The van der Waals surface area contributed by atoms with E-state index < -0.39 is 0 Å². The molecule has 2 aromatic rings. The first-order chi connectivity index (χ1) is 14.2. The largest absolute Gasteiger partial charge is 0.381 e. The van der Waals surface area contributed by atoms with Gasteiger partial charge in [0.15, 0.2) is 0 Å². The molecule has 4 atom stereocenters. The first-order valence-corrected chi connectivity index (χ1v) is 11.0. The Hall–Kier alpha value is -1.99. The molecule has 2 saturated heterocycles. The zero-order valence-electron chi connectivity index (χ0n) is 17.5. The van der Waals surface area contributed by atoms with Crippen LogP contribution in [0.3, 0.4) is 0 Å². The van der Waals surface area contributed by atoms with Crippen molar-refractivity contribution in [1.82, 2.24) is 24.9 Å². The van der Waals surface area contributed by atoms with E-state index in [4.69, 9.17) is 4.74 Å². The number of likely N-dealkylation sites (tertiary alicyclic amines) is 1. The van der Waals surface area contributed by atoms with Crippen LogP contribution in [0.25, 0.3) is 11.4 Å². The summed E-state index contributed by atoms with van der Waals surface area (Å²) < 4.78 is 7.52. The fourth-order valence-electron chi connectivity index (χ4n) is 5.64. The third-order valence-electron chi connectivity index (χ3n) is 6.98. The molecule has 0 spiro atoms. The highest BCUT2D eigenvalue weighted by molar-refractivity contribution is 5.59. The molecular weight excluding hydrogens is 364 g/mol. The summed E-state index contributed by atoms with van der Waals surface area (Å²) in [6.45, 7) is 7.71. The van der Waals surface area contributed by atoms with Crippen molar-refractivity contribution in [2.45, 2.75) is 38.6 Å². The third-order valence-corrected chi connectivity index (χ3v) is 6.98. The summed E-state index contributed by atoms with van der Waals surface area (Å²) in [5, 5.41) is 16.8. The van der Waals surface area contributed by atoms with Gasteiger partial charge in [-0.2, -0.15) is 5.10 Å². The highest BCUT2D eigenvalue weighted by Crippen LogP contribution is 2.39. The molecule has 4 heterocycles. The predicted molar refractivity (Wildman–Crippen MR) is 113 cm³/mol. The summed E-state index contributed by atoms with van der Waals surface area (Å²) in [5.74, 6) is 3.27. The van der Waals surface area contributed by atoms with Gasteiger partial charge in [0.05, 0.1) is 18.5 Å². The summed E-state index contributed by atoms with van der Waals surface area (Å²) in [7, 11) is 1.94. The van der Waals surface area contributed by atoms with Gasteiger partial charge >= 0.3 is 0 Å². The Morgan fingerprint density at radius 1 is 1.17 bits per heavy atom. The van der Waals surface area contributed by atoms with E-state index in [0.29, 0.717) is 6.04 Å². The van der Waals surface area contributed by atoms with Crippen LogP contribution in [-0.4, -0.2) is 63.8 Å². The average molecular weight is 397 g/mol. The lowest BCUT2D eigenvalue weighted by Gasteiger charge is -2.27. The van der Waals surface area contributed by atoms with Crippen LogP contribution >= 0.6 is 0 Å². The molecular formula is C22H32N6O. The van der Waals surface area contributed by atoms with E-state index in [-0.39, 0.29) is 0 Å². The molecule has 7 heteroatoms. The molecule has 1 aliphatic carbocycles. The number of nitrogens with one attached hydrogen (secondary N) is 1. The number of aryl methyl sites for hydroxylation is 2. The number of hydrogen-bond donors (Lipinski definition) is 1. The smallest absolute Gasteiger partial charge is 0.148 e. The quantitative estimate of drug-likeness (QED) is 0.838. The Bertz CT molecular complexity index is 795. The number of anilines is 1. The Morgan fingerprint density at radius 2 is 2.00 bits per heavy atom. The molecule has 2 aromatic heterocycles. The summed E-state index contributed by atoms with van der Waals surface area (Å²) in [6.07, 6.45) is 6.92. The van der Waals surface area contributed by atoms with Crippen LogP contribution in [-0.2, 0) is 11.8 Å². The van der Waals surface area contributed by atoms with Crippen LogP contribution < -0.4 is 5.32 Å². The maximum absolute atomic E-state index is 5.66. The molecule has 3 aliphatic rings. The van der Waals surface area contributed by atoms with Gasteiger partial charge in [0, 0.05) is 39.3 Å². The van der Waals surface area contributed by atoms with E-state index in [1.165, 1.54) is 45.3 Å². The summed E-state index contributed by atoms with van der Waals surface area (Å²) in [6, 6.07) is 4.62. The Balaban J connectivity index is 1.14. The molecule has 3 fully saturated rings. The van der Waals surface area contributed by atoms with Crippen molar-refractivity contribution < 1.29 is 4.74 Å². The second-order valence-electron chi connectivity index (χ2n) is 9.24. The minimum atomic E-state index is 0.517.